The second-order valence-electron chi connectivity index (χ2n) is 6.43. The van der Waals surface area contributed by atoms with Gasteiger partial charge in [-0.05, 0) is 52.5 Å². The molecule has 4 heteroatoms. The highest BCUT2D eigenvalue weighted by Gasteiger charge is 2.24. The maximum absolute atomic E-state index is 6.04. The molecule has 0 radical (unpaired) electrons. The number of hydrogen-bond acceptors (Lipinski definition) is 3. The van der Waals surface area contributed by atoms with Gasteiger partial charge in [0.1, 0.15) is 0 Å². The van der Waals surface area contributed by atoms with Gasteiger partial charge < -0.3 is 10.3 Å². The third-order valence-electron chi connectivity index (χ3n) is 4.44. The molecule has 0 bridgehead atoms. The third kappa shape index (κ3) is 3.83. The number of hydrogen-bond donors (Lipinski definition) is 1. The molecule has 1 aromatic heterocycles. The fourth-order valence-electron chi connectivity index (χ4n) is 3.27. The van der Waals surface area contributed by atoms with Crippen LogP contribution in [0.1, 0.15) is 64.6 Å². The second kappa shape index (κ2) is 7.23. The summed E-state index contributed by atoms with van der Waals surface area (Å²) in [5, 5.41) is 0. The van der Waals surface area contributed by atoms with Gasteiger partial charge in [-0.1, -0.05) is 6.92 Å². The first-order valence-electron chi connectivity index (χ1n) is 8.12. The fourth-order valence-corrected chi connectivity index (χ4v) is 3.27. The van der Waals surface area contributed by atoms with Crippen LogP contribution in [0.4, 0.5) is 0 Å². The van der Waals surface area contributed by atoms with Crippen molar-refractivity contribution in [1.82, 2.24) is 14.5 Å². The zero-order chi connectivity index (χ0) is 14.5. The zero-order valence-electron chi connectivity index (χ0n) is 13.3. The maximum Gasteiger partial charge on any atom is 0.0951 e. The van der Waals surface area contributed by atoms with Crippen LogP contribution in [-0.2, 0) is 6.54 Å². The van der Waals surface area contributed by atoms with E-state index in [0.717, 1.165) is 6.54 Å². The molecule has 1 aliphatic carbocycles. The van der Waals surface area contributed by atoms with Crippen molar-refractivity contribution in [3.05, 3.63) is 18.2 Å². The van der Waals surface area contributed by atoms with Crippen LogP contribution >= 0.6 is 0 Å². The second-order valence-corrected chi connectivity index (χ2v) is 6.43. The van der Waals surface area contributed by atoms with E-state index in [1.54, 1.807) is 0 Å². The van der Waals surface area contributed by atoms with Crippen molar-refractivity contribution in [3.8, 4) is 0 Å². The van der Waals surface area contributed by atoms with Gasteiger partial charge in [0, 0.05) is 30.9 Å². The highest BCUT2D eigenvalue weighted by Crippen LogP contribution is 2.24. The van der Waals surface area contributed by atoms with Crippen molar-refractivity contribution >= 4 is 0 Å². The Kier molecular flexibility index (Phi) is 5.61. The number of aromatic nitrogens is 2. The lowest BCUT2D eigenvalue weighted by atomic mass is 9.90. The minimum Gasteiger partial charge on any atom is -0.331 e. The Labute approximate surface area is 123 Å². The molecule has 1 fully saturated rings. The van der Waals surface area contributed by atoms with Crippen LogP contribution in [0.2, 0.25) is 0 Å². The van der Waals surface area contributed by atoms with Crippen LogP contribution < -0.4 is 5.73 Å². The predicted octanol–water partition coefficient (Wildman–Crippen LogP) is 2.95. The van der Waals surface area contributed by atoms with E-state index in [1.807, 2.05) is 12.5 Å². The van der Waals surface area contributed by atoms with E-state index in [1.165, 1.54) is 44.3 Å². The first kappa shape index (κ1) is 15.5. The number of imidazole rings is 1. The third-order valence-corrected chi connectivity index (χ3v) is 4.44. The number of nitrogens with zero attached hydrogens (tertiary/aromatic N) is 3. The molecule has 114 valence electrons. The Morgan fingerprint density at radius 1 is 1.35 bits per heavy atom. The Morgan fingerprint density at radius 2 is 2.05 bits per heavy atom. The average Bonchev–Trinajstić information content (AvgIpc) is 2.87. The summed E-state index contributed by atoms with van der Waals surface area (Å²) in [6.45, 7) is 8.89. The van der Waals surface area contributed by atoms with Crippen molar-refractivity contribution in [2.75, 3.05) is 6.54 Å². The molecule has 0 saturated heterocycles. The molecular formula is C16H30N4. The van der Waals surface area contributed by atoms with E-state index >= 15 is 0 Å². The minimum atomic E-state index is 0.427. The number of rotatable bonds is 6. The molecule has 0 amide bonds. The van der Waals surface area contributed by atoms with Gasteiger partial charge in [0.15, 0.2) is 0 Å². The summed E-state index contributed by atoms with van der Waals surface area (Å²) in [5.74, 6) is 0. The van der Waals surface area contributed by atoms with Crippen molar-refractivity contribution in [2.45, 2.75) is 77.5 Å². The van der Waals surface area contributed by atoms with Crippen molar-refractivity contribution in [2.24, 2.45) is 5.73 Å². The Hall–Kier alpha value is -0.870. The maximum atomic E-state index is 6.04. The summed E-state index contributed by atoms with van der Waals surface area (Å²) in [6.07, 6.45) is 10.0. The van der Waals surface area contributed by atoms with Gasteiger partial charge in [-0.2, -0.15) is 0 Å². The Bertz CT molecular complexity index is 391. The lowest BCUT2D eigenvalue weighted by Crippen LogP contribution is -2.41. The van der Waals surface area contributed by atoms with E-state index in [4.69, 9.17) is 5.73 Å². The molecule has 1 heterocycles. The smallest absolute Gasteiger partial charge is 0.0951 e. The Morgan fingerprint density at radius 3 is 2.65 bits per heavy atom. The van der Waals surface area contributed by atoms with Gasteiger partial charge in [-0.25, -0.2) is 4.98 Å². The van der Waals surface area contributed by atoms with E-state index < -0.39 is 0 Å². The molecule has 0 unspecified atom stereocenters. The van der Waals surface area contributed by atoms with Gasteiger partial charge >= 0.3 is 0 Å². The van der Waals surface area contributed by atoms with E-state index in [0.29, 0.717) is 18.1 Å². The molecule has 1 aliphatic rings. The largest absolute Gasteiger partial charge is 0.331 e. The molecule has 0 spiro atoms. The monoisotopic (exact) mass is 278 g/mol. The standard InChI is InChI=1S/C16H30N4/c1-4-9-19(15-7-5-14(17)6-8-15)11-16-10-18-12-20(16)13(2)3/h10,12-15H,4-9,11,17H2,1-3H3. The van der Waals surface area contributed by atoms with Gasteiger partial charge in [0.05, 0.1) is 12.0 Å². The van der Waals surface area contributed by atoms with E-state index in [-0.39, 0.29) is 0 Å². The van der Waals surface area contributed by atoms with Gasteiger partial charge in [0.2, 0.25) is 0 Å². The van der Waals surface area contributed by atoms with Gasteiger partial charge in [-0.3, -0.25) is 4.90 Å². The first-order chi connectivity index (χ1) is 9.61. The van der Waals surface area contributed by atoms with Crippen molar-refractivity contribution in [3.63, 3.8) is 0 Å². The summed E-state index contributed by atoms with van der Waals surface area (Å²) < 4.78 is 2.29. The zero-order valence-corrected chi connectivity index (χ0v) is 13.3. The lowest BCUT2D eigenvalue weighted by molar-refractivity contribution is 0.138. The van der Waals surface area contributed by atoms with Crippen LogP contribution in [0.25, 0.3) is 0 Å². The summed E-state index contributed by atoms with van der Waals surface area (Å²) in [6, 6.07) is 1.61. The van der Waals surface area contributed by atoms with Crippen LogP contribution in [0.3, 0.4) is 0 Å². The molecule has 0 aliphatic heterocycles. The van der Waals surface area contributed by atoms with E-state index in [9.17, 15) is 0 Å². The highest BCUT2D eigenvalue weighted by atomic mass is 15.2. The van der Waals surface area contributed by atoms with Gasteiger partial charge in [0.25, 0.3) is 0 Å². The Balaban J connectivity index is 2.03. The summed E-state index contributed by atoms with van der Waals surface area (Å²) >= 11 is 0. The molecule has 1 saturated carbocycles. The van der Waals surface area contributed by atoms with Gasteiger partial charge in [-0.15, -0.1) is 0 Å². The molecule has 1 aromatic rings. The molecule has 0 atom stereocenters. The topological polar surface area (TPSA) is 47.1 Å². The van der Waals surface area contributed by atoms with Crippen molar-refractivity contribution in [1.29, 1.82) is 0 Å². The van der Waals surface area contributed by atoms with Crippen molar-refractivity contribution < 1.29 is 0 Å². The first-order valence-corrected chi connectivity index (χ1v) is 8.12. The van der Waals surface area contributed by atoms with Crippen LogP contribution in [0, 0.1) is 0 Å². The molecule has 0 aromatic carbocycles. The van der Waals surface area contributed by atoms with Crippen LogP contribution in [0.5, 0.6) is 0 Å². The normalized spacial score (nSPS) is 23.7. The minimum absolute atomic E-state index is 0.427. The molecule has 4 nitrogen and oxygen atoms in total. The molecule has 2 rings (SSSR count). The summed E-state index contributed by atoms with van der Waals surface area (Å²) in [5.41, 5.74) is 7.37. The van der Waals surface area contributed by atoms with Crippen LogP contribution in [0.15, 0.2) is 12.5 Å². The fraction of sp³-hybridized carbons (Fsp3) is 0.812. The number of nitrogens with two attached hydrogens (primary N) is 1. The quantitative estimate of drug-likeness (QED) is 0.870. The molecular weight excluding hydrogens is 248 g/mol. The highest BCUT2D eigenvalue weighted by molar-refractivity contribution is 5.00. The summed E-state index contributed by atoms with van der Waals surface area (Å²) in [4.78, 5) is 6.97. The average molecular weight is 278 g/mol. The van der Waals surface area contributed by atoms with Crippen LogP contribution in [-0.4, -0.2) is 33.1 Å². The predicted molar refractivity (Wildman–Crippen MR) is 83.5 cm³/mol. The lowest BCUT2D eigenvalue weighted by Gasteiger charge is -2.36. The van der Waals surface area contributed by atoms with E-state index in [2.05, 4.69) is 35.2 Å². The molecule has 20 heavy (non-hydrogen) atoms. The SMILES string of the molecule is CCCN(Cc1cncn1C(C)C)C1CCC(N)CC1. The summed E-state index contributed by atoms with van der Waals surface area (Å²) in [7, 11) is 0. The molecule has 2 N–H and O–H groups in total.